The summed E-state index contributed by atoms with van der Waals surface area (Å²) in [6, 6.07) is 16.1. The summed E-state index contributed by atoms with van der Waals surface area (Å²) in [7, 11) is 5.42. The van der Waals surface area contributed by atoms with Gasteiger partial charge in [0.1, 0.15) is 11.4 Å². The molecule has 2 N–H and O–H groups in total. The van der Waals surface area contributed by atoms with E-state index in [2.05, 4.69) is 16.4 Å². The smallest absolute Gasteiger partial charge is 0.193 e. The number of rotatable bonds is 5. The number of hydrogen-bond acceptors (Lipinski definition) is 3. The predicted molar refractivity (Wildman–Crippen MR) is 120 cm³/mol. The fraction of sp³-hybridized carbons (Fsp3) is 0.381. The summed E-state index contributed by atoms with van der Waals surface area (Å²) in [5.74, 6) is 1.60. The van der Waals surface area contributed by atoms with Crippen molar-refractivity contribution in [2.45, 2.75) is 25.0 Å². The quantitative estimate of drug-likeness (QED) is 0.392. The Kier molecular flexibility index (Phi) is 7.49. The van der Waals surface area contributed by atoms with Crippen LogP contribution >= 0.6 is 24.0 Å². The topological polar surface area (TPSA) is 57.1 Å². The number of methoxy groups -OCH3 is 1. The first-order valence-corrected chi connectivity index (χ1v) is 8.92. The summed E-state index contributed by atoms with van der Waals surface area (Å²) >= 11 is 0. The Balaban J connectivity index is 0.00000261. The van der Waals surface area contributed by atoms with Gasteiger partial charge in [0.25, 0.3) is 0 Å². The van der Waals surface area contributed by atoms with Crippen molar-refractivity contribution >= 4 is 29.9 Å². The maximum absolute atomic E-state index is 11.1. The predicted octanol–water partition coefficient (Wildman–Crippen LogP) is 3.15. The molecule has 5 nitrogen and oxygen atoms in total. The van der Waals surface area contributed by atoms with Crippen LogP contribution in [-0.2, 0) is 18.6 Å². The normalized spacial score (nSPS) is 18.4. The molecule has 27 heavy (non-hydrogen) atoms. The van der Waals surface area contributed by atoms with Crippen LogP contribution in [0.3, 0.4) is 0 Å². The number of benzene rings is 2. The minimum absolute atomic E-state index is 0. The first-order valence-electron chi connectivity index (χ1n) is 8.92. The summed E-state index contributed by atoms with van der Waals surface area (Å²) < 4.78 is 5.43. The molecular weight excluding hydrogens is 453 g/mol. The van der Waals surface area contributed by atoms with Gasteiger partial charge in [-0.1, -0.05) is 42.5 Å². The average Bonchev–Trinajstić information content (AvgIpc) is 3.00. The fourth-order valence-electron chi connectivity index (χ4n) is 3.63. The highest BCUT2D eigenvalue weighted by molar-refractivity contribution is 14.0. The van der Waals surface area contributed by atoms with E-state index in [9.17, 15) is 5.11 Å². The molecule has 0 saturated carbocycles. The summed E-state index contributed by atoms with van der Waals surface area (Å²) in [5.41, 5.74) is 2.49. The van der Waals surface area contributed by atoms with Crippen molar-refractivity contribution in [1.29, 1.82) is 0 Å². The van der Waals surface area contributed by atoms with Gasteiger partial charge >= 0.3 is 0 Å². The third kappa shape index (κ3) is 4.73. The molecule has 2 aromatic rings. The van der Waals surface area contributed by atoms with Crippen molar-refractivity contribution in [3.63, 3.8) is 0 Å². The number of fused-ring (bicyclic) bond motifs is 1. The van der Waals surface area contributed by atoms with E-state index in [1.54, 1.807) is 14.2 Å². The molecule has 1 aliphatic carbocycles. The molecule has 1 aliphatic rings. The Labute approximate surface area is 178 Å². The van der Waals surface area contributed by atoms with Gasteiger partial charge in [-0.25, -0.2) is 0 Å². The van der Waals surface area contributed by atoms with E-state index in [1.807, 2.05) is 54.4 Å². The largest absolute Gasteiger partial charge is 0.496 e. The van der Waals surface area contributed by atoms with Gasteiger partial charge in [0.2, 0.25) is 0 Å². The minimum atomic E-state index is -0.849. The summed E-state index contributed by atoms with van der Waals surface area (Å²) in [6.07, 6.45) is 1.64. The van der Waals surface area contributed by atoms with Crippen molar-refractivity contribution in [2.75, 3.05) is 27.7 Å². The highest BCUT2D eigenvalue weighted by Crippen LogP contribution is 2.36. The maximum Gasteiger partial charge on any atom is 0.193 e. The lowest BCUT2D eigenvalue weighted by Gasteiger charge is -2.28. The van der Waals surface area contributed by atoms with E-state index in [1.165, 1.54) is 5.56 Å². The average molecular weight is 481 g/mol. The van der Waals surface area contributed by atoms with Gasteiger partial charge in [0.15, 0.2) is 5.96 Å². The maximum atomic E-state index is 11.1. The molecule has 6 heteroatoms. The van der Waals surface area contributed by atoms with E-state index in [0.29, 0.717) is 13.1 Å². The van der Waals surface area contributed by atoms with Crippen LogP contribution in [0.25, 0.3) is 0 Å². The highest BCUT2D eigenvalue weighted by atomic mass is 127. The number of ether oxygens (including phenoxy) is 1. The number of halogens is 1. The molecule has 0 aliphatic heterocycles. The molecule has 0 fully saturated rings. The zero-order valence-corrected chi connectivity index (χ0v) is 18.4. The van der Waals surface area contributed by atoms with Gasteiger partial charge in [-0.2, -0.15) is 0 Å². The fourth-order valence-corrected chi connectivity index (χ4v) is 3.63. The van der Waals surface area contributed by atoms with Crippen LogP contribution in [0, 0.1) is 0 Å². The molecule has 146 valence electrons. The number of nitrogens with one attached hydrogen (secondary N) is 1. The van der Waals surface area contributed by atoms with Gasteiger partial charge in [-0.3, -0.25) is 4.99 Å². The second-order valence-electron chi connectivity index (χ2n) is 6.76. The van der Waals surface area contributed by atoms with Crippen molar-refractivity contribution in [1.82, 2.24) is 10.2 Å². The molecule has 0 radical (unpaired) electrons. The number of aryl methyl sites for hydroxylation is 1. The lowest BCUT2D eigenvalue weighted by Crippen LogP contribution is -2.45. The van der Waals surface area contributed by atoms with Crippen molar-refractivity contribution in [3.05, 3.63) is 65.2 Å². The first-order chi connectivity index (χ1) is 12.6. The molecule has 1 unspecified atom stereocenters. The molecule has 0 bridgehead atoms. The molecule has 3 rings (SSSR count). The minimum Gasteiger partial charge on any atom is -0.496 e. The Morgan fingerprint density at radius 3 is 2.67 bits per heavy atom. The zero-order chi connectivity index (χ0) is 18.6. The number of hydrogen-bond donors (Lipinski definition) is 2. The van der Waals surface area contributed by atoms with E-state index in [0.717, 1.165) is 35.7 Å². The SMILES string of the molecule is CN=C(NCC1(O)CCc2ccccc21)N(C)Cc1ccccc1OC.I. The van der Waals surface area contributed by atoms with Crippen LogP contribution in [0.15, 0.2) is 53.5 Å². The lowest BCUT2D eigenvalue weighted by atomic mass is 9.96. The van der Waals surface area contributed by atoms with Gasteiger partial charge in [0, 0.05) is 26.2 Å². The van der Waals surface area contributed by atoms with Crippen molar-refractivity contribution < 1.29 is 9.84 Å². The molecule has 1 atom stereocenters. The Bertz CT molecular complexity index is 797. The highest BCUT2D eigenvalue weighted by Gasteiger charge is 2.36. The van der Waals surface area contributed by atoms with Gasteiger partial charge in [0.05, 0.1) is 13.7 Å². The van der Waals surface area contributed by atoms with Crippen LogP contribution in [-0.4, -0.2) is 43.7 Å². The standard InChI is InChI=1S/C21H27N3O2.HI/c1-22-20(24(2)14-17-9-5-7-11-19(17)26-3)23-15-21(25)13-12-16-8-4-6-10-18(16)21;/h4-11,25H,12-15H2,1-3H3,(H,22,23);1H. The van der Waals surface area contributed by atoms with Crippen LogP contribution in [0.5, 0.6) is 5.75 Å². The Morgan fingerprint density at radius 1 is 1.22 bits per heavy atom. The molecule has 0 amide bonds. The van der Waals surface area contributed by atoms with Crippen LogP contribution in [0.2, 0.25) is 0 Å². The van der Waals surface area contributed by atoms with E-state index in [4.69, 9.17) is 4.74 Å². The molecule has 0 aromatic heterocycles. The lowest BCUT2D eigenvalue weighted by molar-refractivity contribution is 0.0426. The summed E-state index contributed by atoms with van der Waals surface area (Å²) in [5, 5.41) is 14.4. The molecule has 2 aromatic carbocycles. The molecule has 0 saturated heterocycles. The van der Waals surface area contributed by atoms with E-state index < -0.39 is 5.60 Å². The Morgan fingerprint density at radius 2 is 1.93 bits per heavy atom. The van der Waals surface area contributed by atoms with Crippen LogP contribution in [0.1, 0.15) is 23.1 Å². The molecule has 0 spiro atoms. The van der Waals surface area contributed by atoms with Crippen molar-refractivity contribution in [2.24, 2.45) is 4.99 Å². The number of para-hydroxylation sites is 1. The monoisotopic (exact) mass is 481 g/mol. The number of guanidine groups is 1. The Hall–Kier alpha value is -1.80. The van der Waals surface area contributed by atoms with E-state index in [-0.39, 0.29) is 24.0 Å². The molecule has 0 heterocycles. The van der Waals surface area contributed by atoms with Crippen molar-refractivity contribution in [3.8, 4) is 5.75 Å². The second kappa shape index (κ2) is 9.41. The van der Waals surface area contributed by atoms with Gasteiger partial charge in [-0.15, -0.1) is 24.0 Å². The first kappa shape index (κ1) is 21.5. The van der Waals surface area contributed by atoms with Gasteiger partial charge in [-0.05, 0) is 30.0 Å². The number of aliphatic hydroxyl groups is 1. The summed E-state index contributed by atoms with van der Waals surface area (Å²) in [6.45, 7) is 1.10. The van der Waals surface area contributed by atoms with Crippen LogP contribution in [0.4, 0.5) is 0 Å². The zero-order valence-electron chi connectivity index (χ0n) is 16.1. The number of aliphatic imine (C=N–C) groups is 1. The molecular formula is C21H28IN3O2. The number of nitrogens with zero attached hydrogens (tertiary/aromatic N) is 2. The third-order valence-electron chi connectivity index (χ3n) is 5.04. The van der Waals surface area contributed by atoms with Gasteiger partial charge < -0.3 is 20.1 Å². The third-order valence-corrected chi connectivity index (χ3v) is 5.04. The van der Waals surface area contributed by atoms with Crippen LogP contribution < -0.4 is 10.1 Å². The summed E-state index contributed by atoms with van der Waals surface area (Å²) in [4.78, 5) is 6.40. The van der Waals surface area contributed by atoms with E-state index >= 15 is 0 Å². The second-order valence-corrected chi connectivity index (χ2v) is 6.76.